The van der Waals surface area contributed by atoms with E-state index in [1.807, 2.05) is 43.3 Å². The smallest absolute Gasteiger partial charge is 0.163 e. The minimum absolute atomic E-state index is 0.00720. The molecular formula is C26H26N2O3. The Kier molecular flexibility index (Phi) is 7.07. The fourth-order valence-electron chi connectivity index (χ4n) is 3.51. The van der Waals surface area contributed by atoms with E-state index in [0.717, 1.165) is 23.1 Å². The molecule has 0 aromatic heterocycles. The number of carbonyl (C=O) groups is 1. The van der Waals surface area contributed by atoms with Crippen LogP contribution in [0, 0.1) is 11.3 Å². The summed E-state index contributed by atoms with van der Waals surface area (Å²) in [6.07, 6.45) is 1.45. The number of ketones is 1. The monoisotopic (exact) mass is 414 g/mol. The molecular weight excluding hydrogens is 388 g/mol. The fourth-order valence-corrected chi connectivity index (χ4v) is 3.51. The summed E-state index contributed by atoms with van der Waals surface area (Å²) in [5, 5.41) is 19.6. The number of aromatic hydroxyl groups is 1. The second kappa shape index (κ2) is 9.92. The lowest BCUT2D eigenvalue weighted by atomic mass is 9.97. The fraction of sp³-hybridized carbons (Fsp3) is 0.231. The molecule has 0 fully saturated rings. The van der Waals surface area contributed by atoms with Crippen LogP contribution in [0.2, 0.25) is 0 Å². The van der Waals surface area contributed by atoms with E-state index in [-0.39, 0.29) is 17.6 Å². The standard InChI is InChI=1S/C26H26N2O3/c1-3-5-23-24(13-12-22(17(2)29)26(23)30)31-16-18-8-10-20(11-9-18)25(28)21-7-4-6-19(14-21)15-27/h4,6-14,25,30H,3,5,16,28H2,1-2H3. The van der Waals surface area contributed by atoms with Crippen molar-refractivity contribution in [2.45, 2.75) is 39.3 Å². The van der Waals surface area contributed by atoms with Gasteiger partial charge in [-0.3, -0.25) is 4.79 Å². The molecule has 0 amide bonds. The van der Waals surface area contributed by atoms with Crippen LogP contribution in [0.25, 0.3) is 0 Å². The zero-order chi connectivity index (χ0) is 22.4. The Labute approximate surface area is 182 Å². The minimum Gasteiger partial charge on any atom is -0.507 e. The first-order chi connectivity index (χ1) is 14.9. The van der Waals surface area contributed by atoms with Crippen molar-refractivity contribution in [1.29, 1.82) is 5.26 Å². The van der Waals surface area contributed by atoms with Crippen LogP contribution in [-0.2, 0) is 13.0 Å². The van der Waals surface area contributed by atoms with Crippen LogP contribution in [0.5, 0.6) is 11.5 Å². The molecule has 3 aromatic carbocycles. The van der Waals surface area contributed by atoms with Crippen molar-refractivity contribution >= 4 is 5.78 Å². The number of ether oxygens (including phenoxy) is 1. The van der Waals surface area contributed by atoms with Crippen LogP contribution < -0.4 is 10.5 Å². The molecule has 3 N–H and O–H groups in total. The lowest BCUT2D eigenvalue weighted by Gasteiger charge is -2.16. The normalized spacial score (nSPS) is 11.5. The lowest BCUT2D eigenvalue weighted by molar-refractivity contribution is 0.101. The maximum absolute atomic E-state index is 11.7. The highest BCUT2D eigenvalue weighted by molar-refractivity contribution is 5.97. The van der Waals surface area contributed by atoms with E-state index in [1.54, 1.807) is 24.3 Å². The molecule has 3 aromatic rings. The Balaban J connectivity index is 1.74. The summed E-state index contributed by atoms with van der Waals surface area (Å²) in [4.78, 5) is 11.7. The van der Waals surface area contributed by atoms with Crippen molar-refractivity contribution in [3.63, 3.8) is 0 Å². The predicted molar refractivity (Wildman–Crippen MR) is 120 cm³/mol. The first-order valence-electron chi connectivity index (χ1n) is 10.3. The molecule has 3 rings (SSSR count). The van der Waals surface area contributed by atoms with Gasteiger partial charge in [-0.25, -0.2) is 0 Å². The molecule has 0 aliphatic rings. The van der Waals surface area contributed by atoms with Gasteiger partial charge in [0.05, 0.1) is 23.2 Å². The number of phenolic OH excluding ortho intramolecular Hbond substituents is 1. The number of hydrogen-bond donors (Lipinski definition) is 2. The Bertz CT molecular complexity index is 1110. The second-order valence-electron chi connectivity index (χ2n) is 7.49. The second-order valence-corrected chi connectivity index (χ2v) is 7.49. The first kappa shape index (κ1) is 22.1. The zero-order valence-corrected chi connectivity index (χ0v) is 17.8. The predicted octanol–water partition coefficient (Wildman–Crippen LogP) is 5.05. The van der Waals surface area contributed by atoms with Crippen molar-refractivity contribution in [2.75, 3.05) is 0 Å². The SMILES string of the molecule is CCCc1c(OCc2ccc(C(N)c3cccc(C#N)c3)cc2)ccc(C(C)=O)c1O. The van der Waals surface area contributed by atoms with Gasteiger partial charge in [-0.1, -0.05) is 49.7 Å². The third-order valence-corrected chi connectivity index (χ3v) is 5.23. The van der Waals surface area contributed by atoms with Crippen LogP contribution in [0.1, 0.15) is 64.5 Å². The van der Waals surface area contributed by atoms with Crippen molar-refractivity contribution in [3.05, 3.63) is 94.0 Å². The summed E-state index contributed by atoms with van der Waals surface area (Å²) in [6.45, 7) is 3.78. The quantitative estimate of drug-likeness (QED) is 0.503. The average Bonchev–Trinajstić information content (AvgIpc) is 2.79. The van der Waals surface area contributed by atoms with E-state index in [2.05, 4.69) is 6.07 Å². The number of nitrogens with two attached hydrogens (primary N) is 1. The summed E-state index contributed by atoms with van der Waals surface area (Å²) in [6, 6.07) is 20.3. The van der Waals surface area contributed by atoms with Gasteiger partial charge in [0.1, 0.15) is 18.1 Å². The van der Waals surface area contributed by atoms with Gasteiger partial charge >= 0.3 is 0 Å². The van der Waals surface area contributed by atoms with Crippen molar-refractivity contribution in [1.82, 2.24) is 0 Å². The molecule has 0 aliphatic heterocycles. The van der Waals surface area contributed by atoms with Gasteiger partial charge in [0, 0.05) is 5.56 Å². The maximum Gasteiger partial charge on any atom is 0.163 e. The molecule has 0 bridgehead atoms. The van der Waals surface area contributed by atoms with Crippen LogP contribution >= 0.6 is 0 Å². The molecule has 0 aliphatic carbocycles. The number of nitrogens with zero attached hydrogens (tertiary/aromatic N) is 1. The number of nitriles is 1. The van der Waals surface area contributed by atoms with Gasteiger partial charge in [-0.2, -0.15) is 5.26 Å². The van der Waals surface area contributed by atoms with E-state index in [1.165, 1.54) is 6.92 Å². The van der Waals surface area contributed by atoms with E-state index in [0.29, 0.717) is 35.5 Å². The topological polar surface area (TPSA) is 96.3 Å². The average molecular weight is 415 g/mol. The number of Topliss-reactive ketones (excluding diaryl/α,β-unsaturated/α-hetero) is 1. The van der Waals surface area contributed by atoms with Crippen LogP contribution in [0.15, 0.2) is 60.7 Å². The molecule has 5 nitrogen and oxygen atoms in total. The maximum atomic E-state index is 11.7. The van der Waals surface area contributed by atoms with E-state index >= 15 is 0 Å². The first-order valence-corrected chi connectivity index (χ1v) is 10.3. The largest absolute Gasteiger partial charge is 0.507 e. The molecule has 0 saturated heterocycles. The number of benzene rings is 3. The molecule has 1 unspecified atom stereocenters. The zero-order valence-electron chi connectivity index (χ0n) is 17.8. The summed E-state index contributed by atoms with van der Waals surface area (Å²) >= 11 is 0. The van der Waals surface area contributed by atoms with Gasteiger partial charge in [0.2, 0.25) is 0 Å². The number of phenols is 1. The number of carbonyl (C=O) groups excluding carboxylic acids is 1. The Morgan fingerprint density at radius 2 is 1.87 bits per heavy atom. The lowest BCUT2D eigenvalue weighted by Crippen LogP contribution is -2.12. The molecule has 0 saturated carbocycles. The Morgan fingerprint density at radius 1 is 1.13 bits per heavy atom. The van der Waals surface area contributed by atoms with E-state index < -0.39 is 0 Å². The van der Waals surface area contributed by atoms with Gasteiger partial charge in [0.25, 0.3) is 0 Å². The minimum atomic E-state index is -0.324. The Hall–Kier alpha value is -3.62. The summed E-state index contributed by atoms with van der Waals surface area (Å²) < 4.78 is 5.97. The number of hydrogen-bond acceptors (Lipinski definition) is 5. The van der Waals surface area contributed by atoms with Gasteiger partial charge < -0.3 is 15.6 Å². The van der Waals surface area contributed by atoms with Crippen LogP contribution in [0.3, 0.4) is 0 Å². The molecule has 0 radical (unpaired) electrons. The molecule has 0 spiro atoms. The molecule has 158 valence electrons. The Morgan fingerprint density at radius 3 is 2.52 bits per heavy atom. The molecule has 5 heteroatoms. The van der Waals surface area contributed by atoms with E-state index in [4.69, 9.17) is 15.7 Å². The third-order valence-electron chi connectivity index (χ3n) is 5.23. The van der Waals surface area contributed by atoms with Crippen molar-refractivity contribution in [2.24, 2.45) is 5.73 Å². The van der Waals surface area contributed by atoms with Crippen LogP contribution in [0.4, 0.5) is 0 Å². The highest BCUT2D eigenvalue weighted by atomic mass is 16.5. The van der Waals surface area contributed by atoms with Gasteiger partial charge in [-0.15, -0.1) is 0 Å². The highest BCUT2D eigenvalue weighted by Gasteiger charge is 2.16. The van der Waals surface area contributed by atoms with E-state index in [9.17, 15) is 9.90 Å². The van der Waals surface area contributed by atoms with Crippen molar-refractivity contribution < 1.29 is 14.6 Å². The van der Waals surface area contributed by atoms with Gasteiger partial charge in [-0.05, 0) is 54.3 Å². The van der Waals surface area contributed by atoms with Crippen molar-refractivity contribution in [3.8, 4) is 17.6 Å². The number of rotatable bonds is 8. The molecule has 1 atom stereocenters. The summed E-state index contributed by atoms with van der Waals surface area (Å²) in [5.41, 5.74) is 10.7. The van der Waals surface area contributed by atoms with Crippen LogP contribution in [-0.4, -0.2) is 10.9 Å². The third kappa shape index (κ3) is 5.11. The molecule has 31 heavy (non-hydrogen) atoms. The summed E-state index contributed by atoms with van der Waals surface area (Å²) in [7, 11) is 0. The van der Waals surface area contributed by atoms with Gasteiger partial charge in [0.15, 0.2) is 5.78 Å². The molecule has 0 heterocycles. The highest BCUT2D eigenvalue weighted by Crippen LogP contribution is 2.33. The summed E-state index contributed by atoms with van der Waals surface area (Å²) in [5.74, 6) is 0.417.